The summed E-state index contributed by atoms with van der Waals surface area (Å²) >= 11 is 0. The zero-order valence-corrected chi connectivity index (χ0v) is 38.2. The largest absolute Gasteiger partial charge is 0.296 e. The molecule has 0 aliphatic carbocycles. The average molecular weight is 754 g/mol. The molecule has 274 valence electrons. The fourth-order valence-corrected chi connectivity index (χ4v) is 10.6. The van der Waals surface area contributed by atoms with Gasteiger partial charge in [0.05, 0.1) is 11.0 Å². The third-order valence-electron chi connectivity index (χ3n) is 15.1. The minimum atomic E-state index is 0.867. The lowest BCUT2D eigenvalue weighted by Gasteiger charge is -2.28. The Labute approximate surface area is 367 Å². The molecule has 1 heterocycles. The standard InChI is InChI=1S/C45H45B13N2/c1-2-25-59-23-8-3-4-9-24(23)60(25)22-13-12-17-14-21(11-10-18(17)16-22)27-31-29(35(48)41(54)43(56)37(31)50)26(30-32(27)38(51)44(57)42(55)36(30)49)19-6-5-7-20(15-19)28-33(46)39(52)45(58)40(53)34(28)47/h3-16H,2,46-58H2,1H3. The second-order valence-electron chi connectivity index (χ2n) is 17.8. The Morgan fingerprint density at radius 3 is 1.37 bits per heavy atom. The number of para-hydroxylation sites is 2. The van der Waals surface area contributed by atoms with E-state index in [0.29, 0.717) is 0 Å². The van der Waals surface area contributed by atoms with E-state index in [-0.39, 0.29) is 0 Å². The van der Waals surface area contributed by atoms with E-state index in [1.54, 1.807) is 0 Å². The number of imidazole rings is 1. The molecule has 0 aliphatic rings. The summed E-state index contributed by atoms with van der Waals surface area (Å²) in [7, 11) is 30.2. The number of benzene rings is 8. The zero-order valence-electron chi connectivity index (χ0n) is 38.2. The molecule has 0 unspecified atom stereocenters. The van der Waals surface area contributed by atoms with Crippen molar-refractivity contribution in [2.45, 2.75) is 13.3 Å². The van der Waals surface area contributed by atoms with Gasteiger partial charge in [-0.2, -0.15) is 0 Å². The van der Waals surface area contributed by atoms with Gasteiger partial charge in [0.25, 0.3) is 0 Å². The van der Waals surface area contributed by atoms with Gasteiger partial charge in [0, 0.05) is 12.1 Å². The Kier molecular flexibility index (Phi) is 9.93. The number of fused-ring (bicyclic) bond motifs is 4. The first kappa shape index (κ1) is 40.3. The van der Waals surface area contributed by atoms with Crippen molar-refractivity contribution in [3.63, 3.8) is 0 Å². The summed E-state index contributed by atoms with van der Waals surface area (Å²) in [5.74, 6) is 1.08. The molecule has 1 aromatic heterocycles. The first-order chi connectivity index (χ1) is 28.7. The van der Waals surface area contributed by atoms with Crippen LogP contribution in [0, 0.1) is 0 Å². The Balaban J connectivity index is 1.38. The summed E-state index contributed by atoms with van der Waals surface area (Å²) in [5.41, 5.74) is 29.2. The molecule has 60 heavy (non-hydrogen) atoms. The van der Waals surface area contributed by atoms with Gasteiger partial charge in [0.1, 0.15) is 108 Å². The topological polar surface area (TPSA) is 17.8 Å². The van der Waals surface area contributed by atoms with Gasteiger partial charge in [-0.25, -0.2) is 4.98 Å². The molecule has 0 spiro atoms. The van der Waals surface area contributed by atoms with Crippen molar-refractivity contribution in [2.24, 2.45) is 0 Å². The lowest BCUT2D eigenvalue weighted by molar-refractivity contribution is 0.909. The molecule has 0 N–H and O–H groups in total. The highest BCUT2D eigenvalue weighted by Gasteiger charge is 2.26. The molecule has 15 heteroatoms. The van der Waals surface area contributed by atoms with E-state index in [1.165, 1.54) is 137 Å². The molecule has 9 rings (SSSR count). The van der Waals surface area contributed by atoms with Crippen molar-refractivity contribution in [3.05, 3.63) is 90.8 Å². The van der Waals surface area contributed by atoms with Gasteiger partial charge in [0.2, 0.25) is 0 Å². The van der Waals surface area contributed by atoms with Gasteiger partial charge in [-0.3, -0.25) is 4.57 Å². The van der Waals surface area contributed by atoms with Gasteiger partial charge >= 0.3 is 0 Å². The third-order valence-corrected chi connectivity index (χ3v) is 15.1. The number of aryl methyl sites for hydroxylation is 1. The van der Waals surface area contributed by atoms with Crippen LogP contribution in [0.4, 0.5) is 0 Å². The van der Waals surface area contributed by atoms with Crippen LogP contribution in [0.15, 0.2) is 84.9 Å². The summed E-state index contributed by atoms with van der Waals surface area (Å²) in [6.45, 7) is 2.19. The monoisotopic (exact) mass is 756 g/mol. The summed E-state index contributed by atoms with van der Waals surface area (Å²) in [4.78, 5) is 4.99. The SMILES string of the molecule is Bc1c(B)c(B)c(-c2cccc(-c3c4c(B)c(B)c(B)c(B)c4c(-c4ccc5cc(-n6c(CC)nc7ccccc76)ccc5c4)c4c(B)c(B)c(B)c(B)c34)c2)c(B)c1B. The van der Waals surface area contributed by atoms with Crippen LogP contribution in [0.25, 0.3) is 82.4 Å². The highest BCUT2D eigenvalue weighted by Crippen LogP contribution is 2.42. The van der Waals surface area contributed by atoms with Gasteiger partial charge in [-0.1, -0.05) is 88.2 Å². The highest BCUT2D eigenvalue weighted by molar-refractivity contribution is 6.72. The predicted octanol–water partition coefficient (Wildman–Crippen LogP) is -10.6. The normalized spacial score (nSPS) is 11.7. The number of hydrogen-bond donors (Lipinski definition) is 0. The van der Waals surface area contributed by atoms with Crippen molar-refractivity contribution in [1.29, 1.82) is 0 Å². The van der Waals surface area contributed by atoms with Crippen LogP contribution in [0.3, 0.4) is 0 Å². The highest BCUT2D eigenvalue weighted by atomic mass is 15.1. The zero-order chi connectivity index (χ0) is 42.6. The number of aromatic nitrogens is 2. The molecule has 0 saturated carbocycles. The first-order valence-corrected chi connectivity index (χ1v) is 21.8. The van der Waals surface area contributed by atoms with Crippen molar-refractivity contribution >= 4 is 216 Å². The average Bonchev–Trinajstić information content (AvgIpc) is 3.65. The fraction of sp³-hybridized carbons (Fsp3) is 0.0444. The van der Waals surface area contributed by atoms with Gasteiger partial charge in [-0.05, 0) is 102 Å². The van der Waals surface area contributed by atoms with Crippen LogP contribution >= 0.6 is 0 Å². The number of rotatable bonds is 5. The second kappa shape index (κ2) is 14.8. The molecule has 0 saturated heterocycles. The molecule has 0 bridgehead atoms. The lowest BCUT2D eigenvalue weighted by Crippen LogP contribution is -2.55. The molecule has 0 radical (unpaired) electrons. The summed E-state index contributed by atoms with van der Waals surface area (Å²) in [6.07, 6.45) is 0.867. The Hall–Kier alpha value is -5.15. The van der Waals surface area contributed by atoms with Crippen LogP contribution in [-0.4, -0.2) is 112 Å². The van der Waals surface area contributed by atoms with Crippen molar-refractivity contribution in [1.82, 2.24) is 9.55 Å². The van der Waals surface area contributed by atoms with Crippen molar-refractivity contribution in [3.8, 4) is 39.1 Å². The number of hydrogen-bond acceptors (Lipinski definition) is 1. The minimum absolute atomic E-state index is 0.867. The lowest BCUT2D eigenvalue weighted by atomic mass is 9.59. The molecular weight excluding hydrogens is 709 g/mol. The molecule has 0 fully saturated rings. The Bertz CT molecular complexity index is 3250. The summed E-state index contributed by atoms with van der Waals surface area (Å²) in [6, 6.07) is 32.1. The van der Waals surface area contributed by atoms with Gasteiger partial charge in [-0.15, -0.1) is 38.2 Å². The smallest absolute Gasteiger partial charge is 0.139 e. The van der Waals surface area contributed by atoms with E-state index >= 15 is 0 Å². The van der Waals surface area contributed by atoms with E-state index in [2.05, 4.69) is 198 Å². The molecule has 0 atom stereocenters. The fourth-order valence-electron chi connectivity index (χ4n) is 10.6. The Morgan fingerprint density at radius 2 is 0.833 bits per heavy atom. The first-order valence-electron chi connectivity index (χ1n) is 21.8. The maximum Gasteiger partial charge on any atom is 0.139 e. The minimum Gasteiger partial charge on any atom is -0.296 e. The third kappa shape index (κ3) is 5.85. The van der Waals surface area contributed by atoms with E-state index in [9.17, 15) is 0 Å². The van der Waals surface area contributed by atoms with Crippen molar-refractivity contribution < 1.29 is 0 Å². The van der Waals surface area contributed by atoms with Crippen molar-refractivity contribution in [2.75, 3.05) is 0 Å². The van der Waals surface area contributed by atoms with Crippen LogP contribution in [0.2, 0.25) is 0 Å². The summed E-state index contributed by atoms with van der Waals surface area (Å²) in [5, 5.41) is 7.96. The van der Waals surface area contributed by atoms with Crippen LogP contribution in [-0.2, 0) is 6.42 Å². The van der Waals surface area contributed by atoms with Gasteiger partial charge < -0.3 is 0 Å². The summed E-state index contributed by atoms with van der Waals surface area (Å²) < 4.78 is 2.33. The van der Waals surface area contributed by atoms with Crippen LogP contribution < -0.4 is 71.0 Å². The maximum atomic E-state index is 4.99. The molecule has 0 amide bonds. The van der Waals surface area contributed by atoms with Gasteiger partial charge in [0.15, 0.2) is 0 Å². The second-order valence-corrected chi connectivity index (χ2v) is 17.8. The van der Waals surface area contributed by atoms with E-state index < -0.39 is 0 Å². The quantitative estimate of drug-likeness (QED) is 0.126. The molecule has 8 aromatic carbocycles. The van der Waals surface area contributed by atoms with E-state index in [4.69, 9.17) is 4.98 Å². The van der Waals surface area contributed by atoms with Crippen LogP contribution in [0.5, 0.6) is 0 Å². The maximum absolute atomic E-state index is 4.99. The molecule has 2 nitrogen and oxygen atoms in total. The molecular formula is C45H45B13N2. The Morgan fingerprint density at radius 1 is 0.400 bits per heavy atom. The molecule has 9 aromatic rings. The predicted molar refractivity (Wildman–Crippen MR) is 306 cm³/mol. The van der Waals surface area contributed by atoms with Crippen LogP contribution in [0.1, 0.15) is 12.7 Å². The number of nitrogens with zero attached hydrogens (tertiary/aromatic N) is 2. The van der Waals surface area contributed by atoms with E-state index in [1.807, 2.05) is 0 Å². The van der Waals surface area contributed by atoms with E-state index in [0.717, 1.165) is 29.0 Å². The molecule has 0 aliphatic heterocycles.